The smallest absolute Gasteiger partial charge is 0.250 e. The van der Waals surface area contributed by atoms with Gasteiger partial charge in [-0.2, -0.15) is 5.10 Å². The van der Waals surface area contributed by atoms with Crippen molar-refractivity contribution in [3.63, 3.8) is 0 Å². The van der Waals surface area contributed by atoms with Crippen molar-refractivity contribution in [2.75, 3.05) is 0 Å². The Labute approximate surface area is 185 Å². The summed E-state index contributed by atoms with van der Waals surface area (Å²) in [5.74, 6) is 0.769. The zero-order valence-electron chi connectivity index (χ0n) is 17.9. The summed E-state index contributed by atoms with van der Waals surface area (Å²) < 4.78 is 3.73. The van der Waals surface area contributed by atoms with Crippen LogP contribution in [0.4, 0.5) is 0 Å². The number of hydrogen-bond acceptors (Lipinski definition) is 4. The maximum Gasteiger partial charge on any atom is 0.250 e. The molecule has 0 spiro atoms. The lowest BCUT2D eigenvalue weighted by molar-refractivity contribution is -0.121. The molecule has 0 bridgehead atoms. The number of amides is 1. The van der Waals surface area contributed by atoms with Crippen LogP contribution in [0.3, 0.4) is 0 Å². The summed E-state index contributed by atoms with van der Waals surface area (Å²) >= 11 is 0. The molecule has 1 unspecified atom stereocenters. The Morgan fingerprint density at radius 3 is 2.56 bits per heavy atom. The van der Waals surface area contributed by atoms with E-state index < -0.39 is 0 Å². The first-order chi connectivity index (χ1) is 15.5. The van der Waals surface area contributed by atoms with Crippen molar-refractivity contribution in [2.45, 2.75) is 19.9 Å². The third-order valence-corrected chi connectivity index (χ3v) is 5.83. The second-order valence-corrected chi connectivity index (χ2v) is 8.21. The molecule has 160 valence electrons. The second-order valence-electron chi connectivity index (χ2n) is 8.21. The standard InChI is InChI=1S/C25H23N5O2/c1-16-12-22(31)27-28-24(16)18-8-10-21-20(13-18)26-25(19-9-11-23(32)29(2)15-19)30(21)14-17-6-4-3-5-7-17/h3-11,13,15-16H,12,14H2,1-2H3,(H,27,31). The van der Waals surface area contributed by atoms with Gasteiger partial charge in [-0.15, -0.1) is 0 Å². The van der Waals surface area contributed by atoms with Crippen molar-refractivity contribution < 1.29 is 4.79 Å². The molecular formula is C25H23N5O2. The number of carbonyl (C=O) groups is 1. The summed E-state index contributed by atoms with van der Waals surface area (Å²) in [6, 6.07) is 19.7. The fourth-order valence-corrected chi connectivity index (χ4v) is 4.16. The van der Waals surface area contributed by atoms with E-state index >= 15 is 0 Å². The van der Waals surface area contributed by atoms with Crippen LogP contribution < -0.4 is 11.0 Å². The van der Waals surface area contributed by atoms with Crippen molar-refractivity contribution in [3.8, 4) is 11.4 Å². The van der Waals surface area contributed by atoms with Crippen LogP contribution in [0.5, 0.6) is 0 Å². The monoisotopic (exact) mass is 425 g/mol. The molecule has 0 aliphatic carbocycles. The fourth-order valence-electron chi connectivity index (χ4n) is 4.16. The van der Waals surface area contributed by atoms with Gasteiger partial charge in [0.05, 0.1) is 16.7 Å². The Bertz CT molecular complexity index is 1420. The molecule has 32 heavy (non-hydrogen) atoms. The number of benzene rings is 2. The van der Waals surface area contributed by atoms with Gasteiger partial charge in [0.15, 0.2) is 0 Å². The van der Waals surface area contributed by atoms with E-state index in [4.69, 9.17) is 4.98 Å². The van der Waals surface area contributed by atoms with E-state index in [2.05, 4.69) is 33.3 Å². The van der Waals surface area contributed by atoms with Gasteiger partial charge in [0.2, 0.25) is 11.5 Å². The van der Waals surface area contributed by atoms with Gasteiger partial charge < -0.3 is 9.13 Å². The lowest BCUT2D eigenvalue weighted by Crippen LogP contribution is -2.31. The first-order valence-electron chi connectivity index (χ1n) is 10.6. The van der Waals surface area contributed by atoms with Crippen LogP contribution in [0.15, 0.2) is 76.8 Å². The quantitative estimate of drug-likeness (QED) is 0.545. The summed E-state index contributed by atoms with van der Waals surface area (Å²) in [6.45, 7) is 2.66. The zero-order valence-corrected chi connectivity index (χ0v) is 17.9. The highest BCUT2D eigenvalue weighted by Gasteiger charge is 2.23. The van der Waals surface area contributed by atoms with E-state index in [9.17, 15) is 9.59 Å². The predicted octanol–water partition coefficient (Wildman–Crippen LogP) is 3.31. The number of nitrogens with zero attached hydrogens (tertiary/aromatic N) is 4. The van der Waals surface area contributed by atoms with Crippen molar-refractivity contribution in [3.05, 3.63) is 88.3 Å². The van der Waals surface area contributed by atoms with E-state index in [-0.39, 0.29) is 17.4 Å². The summed E-state index contributed by atoms with van der Waals surface area (Å²) in [7, 11) is 1.74. The molecule has 1 aliphatic rings. The van der Waals surface area contributed by atoms with Gasteiger partial charge in [-0.05, 0) is 23.8 Å². The molecule has 4 aromatic rings. The Balaban J connectivity index is 1.66. The number of carbonyl (C=O) groups excluding carboxylic acids is 1. The molecule has 5 rings (SSSR count). The minimum absolute atomic E-state index is 0.0377. The third kappa shape index (κ3) is 3.62. The normalized spacial score (nSPS) is 16.1. The van der Waals surface area contributed by atoms with Gasteiger partial charge in [0.25, 0.3) is 0 Å². The fraction of sp³-hybridized carbons (Fsp3) is 0.200. The number of rotatable bonds is 4. The average molecular weight is 425 g/mol. The SMILES string of the molecule is CC1CC(=O)NN=C1c1ccc2c(c1)nc(-c1ccc(=O)n(C)c1)n2Cc1ccccc1. The van der Waals surface area contributed by atoms with E-state index in [0.29, 0.717) is 13.0 Å². The number of imidazole rings is 1. The molecule has 1 N–H and O–H groups in total. The first kappa shape index (κ1) is 19.9. The maximum atomic E-state index is 11.9. The molecule has 0 fully saturated rings. The van der Waals surface area contributed by atoms with E-state index in [0.717, 1.165) is 39.3 Å². The van der Waals surface area contributed by atoms with Gasteiger partial charge in [0, 0.05) is 49.3 Å². The van der Waals surface area contributed by atoms with Crippen LogP contribution in [0.1, 0.15) is 24.5 Å². The summed E-state index contributed by atoms with van der Waals surface area (Å²) in [4.78, 5) is 28.5. The van der Waals surface area contributed by atoms with Crippen molar-refractivity contribution in [1.82, 2.24) is 19.5 Å². The molecule has 0 radical (unpaired) electrons. The van der Waals surface area contributed by atoms with Crippen molar-refractivity contribution >= 4 is 22.7 Å². The average Bonchev–Trinajstić information content (AvgIpc) is 3.14. The number of nitrogens with one attached hydrogen (secondary N) is 1. The molecule has 2 aromatic heterocycles. The Hall–Kier alpha value is -4.00. The molecule has 3 heterocycles. The van der Waals surface area contributed by atoms with Crippen LogP contribution >= 0.6 is 0 Å². The van der Waals surface area contributed by atoms with Crippen molar-refractivity contribution in [2.24, 2.45) is 18.1 Å². The van der Waals surface area contributed by atoms with Gasteiger partial charge in [0.1, 0.15) is 5.82 Å². The van der Waals surface area contributed by atoms with Crippen LogP contribution in [-0.2, 0) is 18.4 Å². The molecule has 0 saturated heterocycles. The highest BCUT2D eigenvalue weighted by molar-refractivity contribution is 6.07. The number of hydrazone groups is 1. The van der Waals surface area contributed by atoms with Crippen molar-refractivity contribution in [1.29, 1.82) is 0 Å². The topological polar surface area (TPSA) is 81.3 Å². The minimum Gasteiger partial charge on any atom is -0.319 e. The predicted molar refractivity (Wildman–Crippen MR) is 124 cm³/mol. The molecule has 7 heteroatoms. The van der Waals surface area contributed by atoms with Crippen LogP contribution in [0, 0.1) is 5.92 Å². The number of fused-ring (bicyclic) bond motifs is 1. The Morgan fingerprint density at radius 2 is 1.81 bits per heavy atom. The second kappa shape index (κ2) is 7.92. The summed E-state index contributed by atoms with van der Waals surface area (Å²) in [6.07, 6.45) is 2.23. The van der Waals surface area contributed by atoms with Crippen LogP contribution in [0.25, 0.3) is 22.4 Å². The van der Waals surface area contributed by atoms with Gasteiger partial charge in [-0.3, -0.25) is 9.59 Å². The lowest BCUT2D eigenvalue weighted by atomic mass is 9.94. The number of hydrogen-bond donors (Lipinski definition) is 1. The molecule has 1 atom stereocenters. The molecular weight excluding hydrogens is 402 g/mol. The van der Waals surface area contributed by atoms with Gasteiger partial charge in [-0.25, -0.2) is 10.4 Å². The van der Waals surface area contributed by atoms with Gasteiger partial charge >= 0.3 is 0 Å². The minimum atomic E-state index is -0.0635. The number of pyridine rings is 1. The Morgan fingerprint density at radius 1 is 1.03 bits per heavy atom. The molecule has 0 saturated carbocycles. The third-order valence-electron chi connectivity index (χ3n) is 5.83. The zero-order chi connectivity index (χ0) is 22.2. The molecule has 7 nitrogen and oxygen atoms in total. The first-order valence-corrected chi connectivity index (χ1v) is 10.6. The highest BCUT2D eigenvalue weighted by Crippen LogP contribution is 2.27. The number of aryl methyl sites for hydroxylation is 1. The maximum absolute atomic E-state index is 11.9. The Kier molecular flexibility index (Phi) is 4.93. The molecule has 1 amide bonds. The highest BCUT2D eigenvalue weighted by atomic mass is 16.2. The van der Waals surface area contributed by atoms with Gasteiger partial charge in [-0.1, -0.05) is 43.3 Å². The van der Waals surface area contributed by atoms with E-state index in [1.807, 2.05) is 49.5 Å². The largest absolute Gasteiger partial charge is 0.319 e. The number of aromatic nitrogens is 3. The lowest BCUT2D eigenvalue weighted by Gasteiger charge is -2.19. The summed E-state index contributed by atoms with van der Waals surface area (Å²) in [5, 5.41) is 4.29. The van der Waals surface area contributed by atoms with Crippen LogP contribution in [0.2, 0.25) is 0 Å². The molecule has 2 aromatic carbocycles. The molecule has 1 aliphatic heterocycles. The summed E-state index contributed by atoms with van der Waals surface area (Å²) in [5.41, 5.74) is 8.20. The van der Waals surface area contributed by atoms with Crippen LogP contribution in [-0.4, -0.2) is 25.7 Å². The van der Waals surface area contributed by atoms with E-state index in [1.54, 1.807) is 17.7 Å². The van der Waals surface area contributed by atoms with E-state index in [1.165, 1.54) is 0 Å².